The molecule has 0 aliphatic heterocycles. The van der Waals surface area contributed by atoms with Gasteiger partial charge in [0.2, 0.25) is 11.8 Å². The van der Waals surface area contributed by atoms with Crippen LogP contribution in [0.15, 0.2) is 30.6 Å². The second-order valence-corrected chi connectivity index (χ2v) is 6.21. The molecule has 2 N–H and O–H groups in total. The van der Waals surface area contributed by atoms with E-state index in [1.165, 1.54) is 19.4 Å². The van der Waals surface area contributed by atoms with Gasteiger partial charge >= 0.3 is 5.25 Å². The second kappa shape index (κ2) is 7.35. The average molecular weight is 395 g/mol. The van der Waals surface area contributed by atoms with Gasteiger partial charge in [-0.15, -0.1) is 12.6 Å². The van der Waals surface area contributed by atoms with Crippen molar-refractivity contribution in [3.63, 3.8) is 0 Å². The van der Waals surface area contributed by atoms with E-state index in [4.69, 9.17) is 15.2 Å². The van der Waals surface area contributed by atoms with Crippen molar-refractivity contribution in [2.24, 2.45) is 5.73 Å². The minimum atomic E-state index is -3.27. The first-order valence-corrected chi connectivity index (χ1v) is 8.10. The summed E-state index contributed by atoms with van der Waals surface area (Å²) in [5, 5.41) is 1.61. The number of primary amides is 1. The first kappa shape index (κ1) is 18.8. The number of carbonyl (C=O) groups excluding carboxylic acids is 1. The molecule has 0 saturated carbocycles. The van der Waals surface area contributed by atoms with Crippen LogP contribution in [0.2, 0.25) is 0 Å². The lowest BCUT2D eigenvalue weighted by molar-refractivity contribution is 0.0472. The van der Waals surface area contributed by atoms with Crippen LogP contribution in [0.3, 0.4) is 0 Å². The van der Waals surface area contributed by atoms with E-state index >= 15 is 0 Å². The van der Waals surface area contributed by atoms with Gasteiger partial charge in [0.25, 0.3) is 5.91 Å². The van der Waals surface area contributed by atoms with Crippen molar-refractivity contribution in [1.29, 1.82) is 0 Å². The van der Waals surface area contributed by atoms with Gasteiger partial charge in [0.1, 0.15) is 5.69 Å². The highest BCUT2D eigenvalue weighted by Gasteiger charge is 2.24. The van der Waals surface area contributed by atoms with Crippen molar-refractivity contribution in [2.75, 3.05) is 13.7 Å². The number of fused-ring (bicyclic) bond motifs is 1. The van der Waals surface area contributed by atoms with Crippen LogP contribution in [0, 0.1) is 0 Å². The predicted octanol–water partition coefficient (Wildman–Crippen LogP) is 1.88. The number of aromatic nitrogens is 4. The zero-order chi connectivity index (χ0) is 19.6. The van der Waals surface area contributed by atoms with Gasteiger partial charge in [-0.3, -0.25) is 14.5 Å². The van der Waals surface area contributed by atoms with Crippen LogP contribution in [0.25, 0.3) is 10.9 Å². The maximum Gasteiger partial charge on any atom is 0.324 e. The van der Waals surface area contributed by atoms with Gasteiger partial charge in [-0.05, 0) is 12.1 Å². The quantitative estimate of drug-likeness (QED) is 0.592. The first-order valence-electron chi connectivity index (χ1n) is 7.66. The van der Waals surface area contributed by atoms with E-state index < -0.39 is 17.8 Å². The number of nitrogens with zero attached hydrogens (tertiary/aromatic N) is 4. The SMILES string of the molecule is COc1nc(OCC(F)(F)S)ccc1Cn1cc2c(C(N)=O)nccc2n1. The lowest BCUT2D eigenvalue weighted by atomic mass is 10.2. The van der Waals surface area contributed by atoms with Crippen LogP contribution in [0.1, 0.15) is 16.1 Å². The van der Waals surface area contributed by atoms with Crippen LogP contribution in [0.4, 0.5) is 8.78 Å². The molecule has 0 spiro atoms. The molecule has 1 amide bonds. The molecule has 0 radical (unpaired) electrons. The fourth-order valence-electron chi connectivity index (χ4n) is 2.44. The average Bonchev–Trinajstić information content (AvgIpc) is 3.02. The van der Waals surface area contributed by atoms with Crippen molar-refractivity contribution < 1.29 is 23.0 Å². The van der Waals surface area contributed by atoms with E-state index in [1.54, 1.807) is 23.0 Å². The fourth-order valence-corrected chi connectivity index (χ4v) is 2.50. The highest BCUT2D eigenvalue weighted by molar-refractivity contribution is 7.81. The maximum atomic E-state index is 12.8. The molecule has 0 unspecified atom stereocenters. The van der Waals surface area contributed by atoms with Crippen molar-refractivity contribution in [2.45, 2.75) is 11.8 Å². The Kier molecular flexibility index (Phi) is 5.13. The summed E-state index contributed by atoms with van der Waals surface area (Å²) in [6.45, 7) is -0.662. The Labute approximate surface area is 157 Å². The van der Waals surface area contributed by atoms with Crippen LogP contribution >= 0.6 is 12.6 Å². The van der Waals surface area contributed by atoms with Crippen LogP contribution in [-0.4, -0.2) is 44.6 Å². The summed E-state index contributed by atoms with van der Waals surface area (Å²) in [6, 6.07) is 4.72. The third-order valence-corrected chi connectivity index (χ3v) is 3.68. The number of halogens is 2. The van der Waals surface area contributed by atoms with Crippen LogP contribution in [0.5, 0.6) is 11.8 Å². The van der Waals surface area contributed by atoms with E-state index in [2.05, 4.69) is 27.7 Å². The van der Waals surface area contributed by atoms with Crippen molar-refractivity contribution in [1.82, 2.24) is 19.7 Å². The van der Waals surface area contributed by atoms with Gasteiger partial charge in [-0.1, -0.05) is 0 Å². The summed E-state index contributed by atoms with van der Waals surface area (Å²) in [4.78, 5) is 19.5. The zero-order valence-electron chi connectivity index (χ0n) is 14.1. The molecule has 0 atom stereocenters. The number of rotatable bonds is 7. The summed E-state index contributed by atoms with van der Waals surface area (Å²) in [5.41, 5.74) is 6.63. The minimum Gasteiger partial charge on any atom is -0.481 e. The third-order valence-electron chi connectivity index (χ3n) is 3.55. The number of ether oxygens (including phenoxy) is 2. The Balaban J connectivity index is 1.86. The number of hydrogen-bond donors (Lipinski definition) is 2. The number of hydrogen-bond acceptors (Lipinski definition) is 7. The van der Waals surface area contributed by atoms with Crippen molar-refractivity contribution in [3.05, 3.63) is 41.9 Å². The van der Waals surface area contributed by atoms with E-state index in [1.807, 2.05) is 0 Å². The molecule has 142 valence electrons. The highest BCUT2D eigenvalue weighted by atomic mass is 32.1. The molecular formula is C16H15F2N5O3S. The highest BCUT2D eigenvalue weighted by Crippen LogP contribution is 2.24. The summed E-state index contributed by atoms with van der Waals surface area (Å²) in [5.74, 6) is -0.472. The Bertz CT molecular complexity index is 990. The molecular weight excluding hydrogens is 380 g/mol. The summed E-state index contributed by atoms with van der Waals surface area (Å²) in [7, 11) is 1.40. The molecule has 3 aromatic heterocycles. The number of carbonyl (C=O) groups is 1. The van der Waals surface area contributed by atoms with Gasteiger partial charge in [0.15, 0.2) is 6.61 Å². The summed E-state index contributed by atoms with van der Waals surface area (Å²) < 4.78 is 37.2. The van der Waals surface area contributed by atoms with Gasteiger partial charge in [0.05, 0.1) is 24.6 Å². The van der Waals surface area contributed by atoms with Gasteiger partial charge in [-0.25, -0.2) is 0 Å². The number of thiol groups is 1. The normalized spacial score (nSPS) is 11.6. The summed E-state index contributed by atoms with van der Waals surface area (Å²) in [6.07, 6.45) is 3.08. The Morgan fingerprint density at radius 3 is 2.81 bits per heavy atom. The molecule has 8 nitrogen and oxygen atoms in total. The van der Waals surface area contributed by atoms with E-state index in [0.29, 0.717) is 16.5 Å². The third kappa shape index (κ3) is 4.42. The molecule has 0 saturated heterocycles. The molecule has 3 aromatic rings. The summed E-state index contributed by atoms with van der Waals surface area (Å²) >= 11 is 3.10. The topological polar surface area (TPSA) is 105 Å². The number of methoxy groups -OCH3 is 1. The van der Waals surface area contributed by atoms with Gasteiger partial charge < -0.3 is 15.2 Å². The van der Waals surface area contributed by atoms with E-state index in [-0.39, 0.29) is 24.0 Å². The molecule has 3 rings (SSSR count). The smallest absolute Gasteiger partial charge is 0.324 e. The molecule has 0 fully saturated rings. The second-order valence-electron chi connectivity index (χ2n) is 5.56. The monoisotopic (exact) mass is 395 g/mol. The Morgan fingerprint density at radius 2 is 2.15 bits per heavy atom. The molecule has 0 bridgehead atoms. The molecule has 3 heterocycles. The van der Waals surface area contributed by atoms with Crippen molar-refractivity contribution in [3.8, 4) is 11.8 Å². The maximum absolute atomic E-state index is 12.8. The molecule has 0 aliphatic rings. The van der Waals surface area contributed by atoms with Crippen LogP contribution < -0.4 is 15.2 Å². The number of alkyl halides is 2. The minimum absolute atomic E-state index is 0.0184. The fraction of sp³-hybridized carbons (Fsp3) is 0.250. The zero-order valence-corrected chi connectivity index (χ0v) is 15.0. The van der Waals surface area contributed by atoms with Gasteiger partial charge in [-0.2, -0.15) is 18.9 Å². The predicted molar refractivity (Wildman–Crippen MR) is 95.4 cm³/mol. The lowest BCUT2D eigenvalue weighted by Crippen LogP contribution is -2.18. The number of nitrogens with two attached hydrogens (primary N) is 1. The van der Waals surface area contributed by atoms with Crippen molar-refractivity contribution >= 4 is 29.4 Å². The van der Waals surface area contributed by atoms with E-state index in [0.717, 1.165) is 0 Å². The lowest BCUT2D eigenvalue weighted by Gasteiger charge is -2.13. The standard InChI is InChI=1S/C16H15F2N5O3S/c1-25-15-9(2-3-12(21-15)26-8-16(17,18)27)6-23-7-10-11(22-23)4-5-20-13(10)14(19)24/h2-5,7,27H,6,8H2,1H3,(H2,19,24). The molecule has 0 aliphatic carbocycles. The van der Waals surface area contributed by atoms with E-state index in [9.17, 15) is 13.6 Å². The van der Waals surface area contributed by atoms with Gasteiger partial charge in [0, 0.05) is 24.0 Å². The number of pyridine rings is 2. The Hall–Kier alpha value is -2.95. The van der Waals surface area contributed by atoms with Crippen LogP contribution in [-0.2, 0) is 6.54 Å². The molecule has 11 heteroatoms. The molecule has 27 heavy (non-hydrogen) atoms. The molecule has 0 aromatic carbocycles. The largest absolute Gasteiger partial charge is 0.481 e. The first-order chi connectivity index (χ1) is 12.8. The Morgan fingerprint density at radius 1 is 1.37 bits per heavy atom. The number of amides is 1.